The van der Waals surface area contributed by atoms with Gasteiger partial charge in [0.2, 0.25) is 5.91 Å². The van der Waals surface area contributed by atoms with Crippen molar-refractivity contribution in [2.45, 2.75) is 51.6 Å². The van der Waals surface area contributed by atoms with Crippen LogP contribution in [-0.4, -0.2) is 49.1 Å². The lowest BCUT2D eigenvalue weighted by molar-refractivity contribution is -0.125. The van der Waals surface area contributed by atoms with Gasteiger partial charge in [-0.25, -0.2) is 0 Å². The third-order valence-electron chi connectivity index (χ3n) is 4.23. The lowest BCUT2D eigenvalue weighted by Crippen LogP contribution is -2.46. The van der Waals surface area contributed by atoms with Gasteiger partial charge in [-0.05, 0) is 52.7 Å². The summed E-state index contributed by atoms with van der Waals surface area (Å²) in [7, 11) is 0. The highest BCUT2D eigenvalue weighted by Crippen LogP contribution is 2.15. The minimum absolute atomic E-state index is 0.161. The molecule has 4 heteroatoms. The van der Waals surface area contributed by atoms with E-state index in [1.165, 1.54) is 32.4 Å². The third kappa shape index (κ3) is 3.69. The van der Waals surface area contributed by atoms with Crippen molar-refractivity contribution in [2.75, 3.05) is 26.2 Å². The van der Waals surface area contributed by atoms with Gasteiger partial charge in [0.25, 0.3) is 0 Å². The average Bonchev–Trinajstić information content (AvgIpc) is 2.76. The monoisotopic (exact) mass is 253 g/mol. The van der Waals surface area contributed by atoms with Crippen LogP contribution in [0, 0.1) is 5.92 Å². The summed E-state index contributed by atoms with van der Waals surface area (Å²) in [6.07, 6.45) is 4.96. The third-order valence-corrected chi connectivity index (χ3v) is 4.23. The van der Waals surface area contributed by atoms with Crippen molar-refractivity contribution in [1.29, 1.82) is 0 Å². The molecule has 2 aliphatic rings. The highest BCUT2D eigenvalue weighted by Gasteiger charge is 2.30. The number of amides is 1. The summed E-state index contributed by atoms with van der Waals surface area (Å²) >= 11 is 0. The van der Waals surface area contributed by atoms with Crippen LogP contribution in [-0.2, 0) is 4.79 Å². The number of nitrogens with one attached hydrogen (secondary N) is 2. The molecule has 18 heavy (non-hydrogen) atoms. The molecule has 2 rings (SSSR count). The number of hydrogen-bond donors (Lipinski definition) is 2. The van der Waals surface area contributed by atoms with Crippen molar-refractivity contribution in [3.8, 4) is 0 Å². The number of rotatable bonds is 4. The molecule has 0 aliphatic carbocycles. The molecule has 1 amide bonds. The first-order valence-electron chi connectivity index (χ1n) is 7.43. The molecule has 104 valence electrons. The van der Waals surface area contributed by atoms with E-state index in [1.807, 2.05) is 0 Å². The van der Waals surface area contributed by atoms with E-state index in [0.29, 0.717) is 6.04 Å². The first-order chi connectivity index (χ1) is 8.66. The van der Waals surface area contributed by atoms with Crippen LogP contribution in [0.15, 0.2) is 0 Å². The number of nitrogens with zero attached hydrogens (tertiary/aromatic N) is 1. The lowest BCUT2D eigenvalue weighted by atomic mass is 10.0. The van der Waals surface area contributed by atoms with E-state index in [0.717, 1.165) is 19.5 Å². The van der Waals surface area contributed by atoms with Gasteiger partial charge in [-0.2, -0.15) is 0 Å². The summed E-state index contributed by atoms with van der Waals surface area (Å²) in [5, 5.41) is 6.51. The van der Waals surface area contributed by atoms with Crippen LogP contribution in [0.5, 0.6) is 0 Å². The van der Waals surface area contributed by atoms with Gasteiger partial charge in [0.15, 0.2) is 0 Å². The molecule has 0 aromatic carbocycles. The molecule has 0 aromatic rings. The van der Waals surface area contributed by atoms with Gasteiger partial charge in [0, 0.05) is 18.6 Å². The number of carbonyl (C=O) groups is 1. The quantitative estimate of drug-likeness (QED) is 0.785. The summed E-state index contributed by atoms with van der Waals surface area (Å²) in [5.74, 6) is 0.394. The van der Waals surface area contributed by atoms with E-state index < -0.39 is 0 Å². The molecule has 4 nitrogen and oxygen atoms in total. The molecule has 0 saturated carbocycles. The summed E-state index contributed by atoms with van der Waals surface area (Å²) in [4.78, 5) is 14.6. The molecule has 2 fully saturated rings. The minimum Gasteiger partial charge on any atom is -0.352 e. The highest BCUT2D eigenvalue weighted by molar-refractivity contribution is 5.80. The van der Waals surface area contributed by atoms with Gasteiger partial charge >= 0.3 is 0 Å². The second-order valence-electron chi connectivity index (χ2n) is 5.91. The fourth-order valence-corrected chi connectivity index (χ4v) is 3.14. The van der Waals surface area contributed by atoms with Gasteiger partial charge in [-0.3, -0.25) is 4.79 Å². The molecular weight excluding hydrogens is 226 g/mol. The topological polar surface area (TPSA) is 44.4 Å². The highest BCUT2D eigenvalue weighted by atomic mass is 16.2. The Hall–Kier alpha value is -0.610. The van der Waals surface area contributed by atoms with Gasteiger partial charge in [0.1, 0.15) is 0 Å². The van der Waals surface area contributed by atoms with E-state index in [1.54, 1.807) is 0 Å². The van der Waals surface area contributed by atoms with E-state index in [9.17, 15) is 4.79 Å². The van der Waals surface area contributed by atoms with E-state index >= 15 is 0 Å². The Morgan fingerprint density at radius 1 is 1.39 bits per heavy atom. The Bertz CT molecular complexity index is 276. The zero-order valence-electron chi connectivity index (χ0n) is 11.7. The molecular formula is C14H27N3O. The maximum Gasteiger partial charge on any atom is 0.224 e. The zero-order chi connectivity index (χ0) is 13.0. The molecule has 2 saturated heterocycles. The number of piperidine rings is 1. The van der Waals surface area contributed by atoms with E-state index in [2.05, 4.69) is 29.4 Å². The fraction of sp³-hybridized carbons (Fsp3) is 0.929. The second kappa shape index (κ2) is 6.53. The van der Waals surface area contributed by atoms with Crippen molar-refractivity contribution in [1.82, 2.24) is 15.5 Å². The Labute approximate surface area is 110 Å². The predicted octanol–water partition coefficient (Wildman–Crippen LogP) is 0.975. The maximum atomic E-state index is 12.1. The van der Waals surface area contributed by atoms with Gasteiger partial charge in [-0.1, -0.05) is 6.42 Å². The van der Waals surface area contributed by atoms with Crippen molar-refractivity contribution >= 4 is 5.91 Å². The SMILES string of the molecule is CC(CN1CCCCC1)NC(=O)C1CCNC1C. The molecule has 0 aromatic heterocycles. The molecule has 3 unspecified atom stereocenters. The molecule has 0 radical (unpaired) electrons. The van der Waals surface area contributed by atoms with Crippen LogP contribution >= 0.6 is 0 Å². The molecule has 0 bridgehead atoms. The summed E-state index contributed by atoms with van der Waals surface area (Å²) in [6.45, 7) is 8.59. The number of likely N-dealkylation sites (tertiary alicyclic amines) is 1. The molecule has 3 atom stereocenters. The smallest absolute Gasteiger partial charge is 0.224 e. The molecule has 2 heterocycles. The standard InChI is InChI=1S/C14H27N3O/c1-11(10-17-8-4-3-5-9-17)16-14(18)13-6-7-15-12(13)2/h11-13,15H,3-10H2,1-2H3,(H,16,18). The van der Waals surface area contributed by atoms with Crippen molar-refractivity contribution < 1.29 is 4.79 Å². The Balaban J connectivity index is 1.72. The largest absolute Gasteiger partial charge is 0.352 e. The van der Waals surface area contributed by atoms with Gasteiger partial charge < -0.3 is 15.5 Å². The van der Waals surface area contributed by atoms with Gasteiger partial charge in [-0.15, -0.1) is 0 Å². The van der Waals surface area contributed by atoms with Crippen molar-refractivity contribution in [3.63, 3.8) is 0 Å². The lowest BCUT2D eigenvalue weighted by Gasteiger charge is -2.30. The minimum atomic E-state index is 0.161. The van der Waals surface area contributed by atoms with Crippen LogP contribution in [0.3, 0.4) is 0 Å². The van der Waals surface area contributed by atoms with E-state index in [-0.39, 0.29) is 17.9 Å². The van der Waals surface area contributed by atoms with Crippen molar-refractivity contribution in [2.24, 2.45) is 5.92 Å². The predicted molar refractivity (Wildman–Crippen MR) is 73.5 cm³/mol. The molecule has 2 N–H and O–H groups in total. The van der Waals surface area contributed by atoms with Crippen LogP contribution in [0.25, 0.3) is 0 Å². The Kier molecular flexibility index (Phi) is 5.01. The normalized spacial score (nSPS) is 31.2. The Morgan fingerprint density at radius 3 is 2.72 bits per heavy atom. The first kappa shape index (κ1) is 13.8. The zero-order valence-corrected chi connectivity index (χ0v) is 11.7. The Morgan fingerprint density at radius 2 is 2.11 bits per heavy atom. The van der Waals surface area contributed by atoms with Crippen molar-refractivity contribution in [3.05, 3.63) is 0 Å². The average molecular weight is 253 g/mol. The van der Waals surface area contributed by atoms with Crippen LogP contribution in [0.2, 0.25) is 0 Å². The first-order valence-corrected chi connectivity index (χ1v) is 7.43. The summed E-state index contributed by atoms with van der Waals surface area (Å²) < 4.78 is 0. The number of hydrogen-bond acceptors (Lipinski definition) is 3. The van der Waals surface area contributed by atoms with Gasteiger partial charge in [0.05, 0.1) is 5.92 Å². The summed E-state index contributed by atoms with van der Waals surface area (Å²) in [5.41, 5.74) is 0. The van der Waals surface area contributed by atoms with Crippen LogP contribution < -0.4 is 10.6 Å². The summed E-state index contributed by atoms with van der Waals surface area (Å²) in [6, 6.07) is 0.593. The second-order valence-corrected chi connectivity index (χ2v) is 5.91. The van der Waals surface area contributed by atoms with Crippen LogP contribution in [0.4, 0.5) is 0 Å². The maximum absolute atomic E-state index is 12.1. The molecule has 0 spiro atoms. The number of carbonyl (C=O) groups excluding carboxylic acids is 1. The fourth-order valence-electron chi connectivity index (χ4n) is 3.14. The molecule has 2 aliphatic heterocycles. The van der Waals surface area contributed by atoms with E-state index in [4.69, 9.17) is 0 Å². The van der Waals surface area contributed by atoms with Crippen LogP contribution in [0.1, 0.15) is 39.5 Å².